The number of phenols is 1. The summed E-state index contributed by atoms with van der Waals surface area (Å²) in [5.41, 5.74) is 1.24. The molecular weight excluding hydrogens is 425 g/mol. The second-order valence-electron chi connectivity index (χ2n) is 5.44. The van der Waals surface area contributed by atoms with Crippen LogP contribution in [0.15, 0.2) is 45.8 Å². The van der Waals surface area contributed by atoms with Crippen molar-refractivity contribution in [2.75, 3.05) is 7.11 Å². The number of methoxy groups -OCH3 is 1. The number of carbonyl (C=O) groups excluding carboxylic acids is 2. The number of rotatable bonds is 4. The third kappa shape index (κ3) is 3.76. The quantitative estimate of drug-likeness (QED) is 0.711. The van der Waals surface area contributed by atoms with Crippen LogP contribution in [0.25, 0.3) is 6.08 Å². The van der Waals surface area contributed by atoms with Gasteiger partial charge in [0.2, 0.25) is 0 Å². The van der Waals surface area contributed by atoms with Crippen LogP contribution in [0, 0.1) is 5.82 Å². The van der Waals surface area contributed by atoms with Gasteiger partial charge in [0.05, 0.1) is 18.6 Å². The summed E-state index contributed by atoms with van der Waals surface area (Å²) in [6, 6.07) is 8.64. The van der Waals surface area contributed by atoms with Gasteiger partial charge in [-0.2, -0.15) is 0 Å². The van der Waals surface area contributed by atoms with E-state index in [2.05, 4.69) is 15.9 Å². The zero-order valence-electron chi connectivity index (χ0n) is 13.5. The van der Waals surface area contributed by atoms with E-state index in [0.29, 0.717) is 15.6 Å². The van der Waals surface area contributed by atoms with Crippen molar-refractivity contribution >= 4 is 44.9 Å². The second-order valence-corrected chi connectivity index (χ2v) is 7.29. The molecule has 1 fully saturated rings. The first kappa shape index (κ1) is 18.5. The van der Waals surface area contributed by atoms with Crippen molar-refractivity contribution in [2.24, 2.45) is 0 Å². The minimum atomic E-state index is -0.428. The lowest BCUT2D eigenvalue weighted by Gasteiger charge is -2.12. The first-order valence-corrected chi connectivity index (χ1v) is 9.06. The largest absolute Gasteiger partial charge is 0.504 e. The van der Waals surface area contributed by atoms with Gasteiger partial charge in [-0.25, -0.2) is 4.39 Å². The summed E-state index contributed by atoms with van der Waals surface area (Å²) in [4.78, 5) is 26.1. The Morgan fingerprint density at radius 2 is 1.96 bits per heavy atom. The Morgan fingerprint density at radius 1 is 1.27 bits per heavy atom. The summed E-state index contributed by atoms with van der Waals surface area (Å²) in [5, 5.41) is 9.36. The van der Waals surface area contributed by atoms with Gasteiger partial charge < -0.3 is 9.84 Å². The molecule has 2 aromatic rings. The Hall–Kier alpha value is -2.32. The first-order chi connectivity index (χ1) is 12.4. The first-order valence-electron chi connectivity index (χ1n) is 7.45. The van der Waals surface area contributed by atoms with Crippen LogP contribution in [-0.4, -0.2) is 28.3 Å². The molecule has 8 heteroatoms. The molecule has 134 valence electrons. The SMILES string of the molecule is COc1cc(/C=C2/SC(=O)N(Cc3ccc(F)cc3)C2=O)c(Br)cc1O. The zero-order chi connectivity index (χ0) is 18.8. The third-order valence-corrected chi connectivity index (χ3v) is 5.31. The van der Waals surface area contributed by atoms with E-state index in [-0.39, 0.29) is 28.8 Å². The van der Waals surface area contributed by atoms with Gasteiger partial charge in [-0.3, -0.25) is 14.5 Å². The molecule has 2 aromatic carbocycles. The number of carbonyl (C=O) groups is 2. The molecule has 1 saturated heterocycles. The van der Waals surface area contributed by atoms with Crippen LogP contribution >= 0.6 is 27.7 Å². The number of nitrogens with zero attached hydrogens (tertiary/aromatic N) is 1. The van der Waals surface area contributed by atoms with E-state index in [4.69, 9.17) is 4.74 Å². The molecule has 1 N–H and O–H groups in total. The molecule has 5 nitrogen and oxygen atoms in total. The Bertz CT molecular complexity index is 914. The van der Waals surface area contributed by atoms with Gasteiger partial charge in [0.15, 0.2) is 11.5 Å². The van der Waals surface area contributed by atoms with Crippen LogP contribution in [0.2, 0.25) is 0 Å². The van der Waals surface area contributed by atoms with Crippen molar-refractivity contribution in [1.82, 2.24) is 4.90 Å². The van der Waals surface area contributed by atoms with Gasteiger partial charge in [-0.15, -0.1) is 0 Å². The molecule has 1 aliphatic heterocycles. The van der Waals surface area contributed by atoms with Gasteiger partial charge in [0, 0.05) is 4.47 Å². The van der Waals surface area contributed by atoms with Crippen molar-refractivity contribution in [3.05, 3.63) is 62.7 Å². The standard InChI is InChI=1S/C18H13BrFNO4S/c1-25-15-6-11(13(19)8-14(15)22)7-16-17(23)21(18(24)26-16)9-10-2-4-12(20)5-3-10/h2-8,22H,9H2,1H3/b16-7+. The van der Waals surface area contributed by atoms with E-state index in [1.54, 1.807) is 12.1 Å². The van der Waals surface area contributed by atoms with Gasteiger partial charge >= 0.3 is 0 Å². The van der Waals surface area contributed by atoms with Crippen molar-refractivity contribution < 1.29 is 23.8 Å². The number of hydrogen-bond acceptors (Lipinski definition) is 5. The molecule has 0 aliphatic carbocycles. The molecule has 0 saturated carbocycles. The van der Waals surface area contributed by atoms with Gasteiger partial charge in [-0.05, 0) is 53.2 Å². The summed E-state index contributed by atoms with van der Waals surface area (Å²) >= 11 is 4.14. The maximum Gasteiger partial charge on any atom is 0.293 e. The molecule has 0 radical (unpaired) electrons. The lowest BCUT2D eigenvalue weighted by molar-refractivity contribution is -0.123. The normalized spacial score (nSPS) is 15.8. The molecule has 1 aliphatic rings. The van der Waals surface area contributed by atoms with E-state index < -0.39 is 11.1 Å². The Morgan fingerprint density at radius 3 is 2.62 bits per heavy atom. The summed E-state index contributed by atoms with van der Waals surface area (Å²) in [5.74, 6) is -0.594. The predicted octanol–water partition coefficient (Wildman–Crippen LogP) is 4.54. The maximum absolute atomic E-state index is 13.0. The molecule has 1 heterocycles. The lowest BCUT2D eigenvalue weighted by Crippen LogP contribution is -2.27. The van der Waals surface area contributed by atoms with Crippen LogP contribution in [0.5, 0.6) is 11.5 Å². The minimum absolute atomic E-state index is 0.0408. The van der Waals surface area contributed by atoms with Crippen molar-refractivity contribution in [2.45, 2.75) is 6.54 Å². The minimum Gasteiger partial charge on any atom is -0.504 e. The number of phenolic OH excluding ortho intramolecular Hbond substituents is 1. The molecule has 0 spiro atoms. The number of amides is 2. The highest BCUT2D eigenvalue weighted by Crippen LogP contribution is 2.37. The topological polar surface area (TPSA) is 66.8 Å². The van der Waals surface area contributed by atoms with E-state index in [1.165, 1.54) is 37.4 Å². The van der Waals surface area contributed by atoms with E-state index in [9.17, 15) is 19.1 Å². The zero-order valence-corrected chi connectivity index (χ0v) is 15.9. The number of ether oxygens (including phenoxy) is 1. The smallest absolute Gasteiger partial charge is 0.293 e. The average molecular weight is 438 g/mol. The van der Waals surface area contributed by atoms with Crippen LogP contribution in [0.3, 0.4) is 0 Å². The fourth-order valence-corrected chi connectivity index (χ4v) is 3.66. The van der Waals surface area contributed by atoms with Crippen LogP contribution in [0.4, 0.5) is 9.18 Å². The fraction of sp³-hybridized carbons (Fsp3) is 0.111. The monoisotopic (exact) mass is 437 g/mol. The number of benzene rings is 2. The highest BCUT2D eigenvalue weighted by atomic mass is 79.9. The molecule has 0 bridgehead atoms. The van der Waals surface area contributed by atoms with Crippen LogP contribution < -0.4 is 4.74 Å². The van der Waals surface area contributed by atoms with Crippen LogP contribution in [-0.2, 0) is 11.3 Å². The summed E-state index contributed by atoms with van der Waals surface area (Å²) in [6.07, 6.45) is 1.56. The number of thioether (sulfide) groups is 1. The van der Waals surface area contributed by atoms with Crippen molar-refractivity contribution in [1.29, 1.82) is 0 Å². The molecule has 0 aromatic heterocycles. The second kappa shape index (κ2) is 7.51. The third-order valence-electron chi connectivity index (χ3n) is 3.71. The van der Waals surface area contributed by atoms with Crippen molar-refractivity contribution in [3.8, 4) is 11.5 Å². The fourth-order valence-electron chi connectivity index (χ4n) is 2.38. The molecular formula is C18H13BrFNO4S. The van der Waals surface area contributed by atoms with E-state index in [1.807, 2.05) is 0 Å². The molecule has 2 amide bonds. The Balaban J connectivity index is 1.86. The maximum atomic E-state index is 13.0. The summed E-state index contributed by atoms with van der Waals surface area (Å²) < 4.78 is 18.6. The highest BCUT2D eigenvalue weighted by molar-refractivity contribution is 9.10. The van der Waals surface area contributed by atoms with Gasteiger partial charge in [0.1, 0.15) is 5.82 Å². The Kier molecular flexibility index (Phi) is 5.33. The average Bonchev–Trinajstić information content (AvgIpc) is 2.86. The predicted molar refractivity (Wildman–Crippen MR) is 100 cm³/mol. The number of halogens is 2. The number of aromatic hydroxyl groups is 1. The van der Waals surface area contributed by atoms with Gasteiger partial charge in [0.25, 0.3) is 11.1 Å². The van der Waals surface area contributed by atoms with E-state index in [0.717, 1.165) is 16.7 Å². The number of hydrogen-bond donors (Lipinski definition) is 1. The van der Waals surface area contributed by atoms with Crippen molar-refractivity contribution in [3.63, 3.8) is 0 Å². The van der Waals surface area contributed by atoms with E-state index >= 15 is 0 Å². The lowest BCUT2D eigenvalue weighted by atomic mass is 10.1. The van der Waals surface area contributed by atoms with Gasteiger partial charge in [-0.1, -0.05) is 28.1 Å². The summed E-state index contributed by atoms with van der Waals surface area (Å²) in [7, 11) is 1.42. The number of imide groups is 1. The molecule has 0 unspecified atom stereocenters. The van der Waals surface area contributed by atoms with Crippen LogP contribution in [0.1, 0.15) is 11.1 Å². The Labute approximate surface area is 161 Å². The molecule has 0 atom stereocenters. The molecule has 26 heavy (non-hydrogen) atoms. The summed E-state index contributed by atoms with van der Waals surface area (Å²) in [6.45, 7) is 0.0718. The highest BCUT2D eigenvalue weighted by Gasteiger charge is 2.35. The molecule has 3 rings (SSSR count).